The second-order valence-electron chi connectivity index (χ2n) is 4.68. The van der Waals surface area contributed by atoms with Crippen molar-refractivity contribution in [1.82, 2.24) is 5.32 Å². The van der Waals surface area contributed by atoms with Crippen LogP contribution < -0.4 is 11.1 Å². The van der Waals surface area contributed by atoms with Gasteiger partial charge in [-0.2, -0.15) is 0 Å². The third-order valence-corrected chi connectivity index (χ3v) is 3.20. The molecule has 0 bridgehead atoms. The van der Waals surface area contributed by atoms with Gasteiger partial charge in [0.2, 0.25) is 5.91 Å². The Hall–Kier alpha value is -1.60. The highest BCUT2D eigenvalue weighted by Crippen LogP contribution is 2.20. The first-order valence-electron chi connectivity index (χ1n) is 6.27. The normalized spacial score (nSPS) is 20.1. The lowest BCUT2D eigenvalue weighted by molar-refractivity contribution is -0.120. The maximum Gasteiger partial charge on any atom is 0.239 e. The summed E-state index contributed by atoms with van der Waals surface area (Å²) in [7, 11) is 0. The van der Waals surface area contributed by atoms with Gasteiger partial charge in [-0.25, -0.2) is 13.2 Å². The number of nitrogens with two attached hydrogens (primary N) is 1. The van der Waals surface area contributed by atoms with Gasteiger partial charge in [0, 0.05) is 13.2 Å². The Morgan fingerprint density at radius 3 is 2.55 bits per heavy atom. The molecule has 20 heavy (non-hydrogen) atoms. The molecule has 4 nitrogen and oxygen atoms in total. The van der Waals surface area contributed by atoms with Crippen LogP contribution in [0.5, 0.6) is 0 Å². The van der Waals surface area contributed by atoms with Crippen molar-refractivity contribution in [2.75, 3.05) is 13.2 Å². The van der Waals surface area contributed by atoms with Crippen LogP contribution in [0.15, 0.2) is 12.1 Å². The zero-order valence-electron chi connectivity index (χ0n) is 10.7. The Balaban J connectivity index is 2.13. The van der Waals surface area contributed by atoms with E-state index in [-0.39, 0.29) is 11.7 Å². The second-order valence-corrected chi connectivity index (χ2v) is 4.68. The van der Waals surface area contributed by atoms with Crippen molar-refractivity contribution in [3.05, 3.63) is 35.1 Å². The fourth-order valence-corrected chi connectivity index (χ4v) is 2.18. The fraction of sp³-hybridized carbons (Fsp3) is 0.462. The van der Waals surface area contributed by atoms with Crippen molar-refractivity contribution in [3.63, 3.8) is 0 Å². The van der Waals surface area contributed by atoms with E-state index in [1.807, 2.05) is 0 Å². The van der Waals surface area contributed by atoms with Crippen molar-refractivity contribution in [2.24, 2.45) is 5.73 Å². The number of hydrogen-bond acceptors (Lipinski definition) is 3. The van der Waals surface area contributed by atoms with Crippen LogP contribution in [-0.2, 0) is 9.53 Å². The van der Waals surface area contributed by atoms with Crippen LogP contribution in [0.3, 0.4) is 0 Å². The number of hydrogen-bond donors (Lipinski definition) is 2. The summed E-state index contributed by atoms with van der Waals surface area (Å²) in [5.41, 5.74) is 5.16. The number of carbonyl (C=O) groups is 1. The van der Waals surface area contributed by atoms with Gasteiger partial charge in [0.05, 0.1) is 6.10 Å². The van der Waals surface area contributed by atoms with Gasteiger partial charge in [-0.05, 0) is 30.5 Å². The molecule has 1 amide bonds. The van der Waals surface area contributed by atoms with Crippen LogP contribution in [-0.4, -0.2) is 25.2 Å². The number of ether oxygens (including phenoxy) is 1. The second kappa shape index (κ2) is 6.23. The molecule has 1 aromatic carbocycles. The minimum absolute atomic E-state index is 0.0492. The van der Waals surface area contributed by atoms with Gasteiger partial charge in [-0.1, -0.05) is 0 Å². The van der Waals surface area contributed by atoms with Gasteiger partial charge >= 0.3 is 0 Å². The lowest BCUT2D eigenvalue weighted by atomic mass is 10.1. The number of nitrogens with one attached hydrogen (secondary N) is 1. The highest BCUT2D eigenvalue weighted by molar-refractivity contribution is 5.81. The topological polar surface area (TPSA) is 64.4 Å². The summed E-state index contributed by atoms with van der Waals surface area (Å²) >= 11 is 0. The van der Waals surface area contributed by atoms with Gasteiger partial charge in [0.1, 0.15) is 6.04 Å². The Bertz CT molecular complexity index is 481. The van der Waals surface area contributed by atoms with Crippen molar-refractivity contribution in [2.45, 2.75) is 25.0 Å². The number of halogens is 3. The Morgan fingerprint density at radius 1 is 1.40 bits per heavy atom. The van der Waals surface area contributed by atoms with Crippen LogP contribution in [0.25, 0.3) is 0 Å². The standard InChI is InChI=1S/C13H15F3N2O2/c14-9-4-7(5-10(15)11(9)16)12(13(17)19)18-6-8-2-1-3-20-8/h4-5,8,12,18H,1-3,6H2,(H2,17,19). The predicted molar refractivity (Wildman–Crippen MR) is 65.2 cm³/mol. The van der Waals surface area contributed by atoms with E-state index in [9.17, 15) is 18.0 Å². The van der Waals surface area contributed by atoms with Gasteiger partial charge in [0.25, 0.3) is 0 Å². The van der Waals surface area contributed by atoms with Gasteiger partial charge in [0.15, 0.2) is 17.5 Å². The minimum Gasteiger partial charge on any atom is -0.377 e. The molecule has 110 valence electrons. The van der Waals surface area contributed by atoms with E-state index in [1.165, 1.54) is 0 Å². The highest BCUT2D eigenvalue weighted by atomic mass is 19.2. The first-order chi connectivity index (χ1) is 9.49. The van der Waals surface area contributed by atoms with E-state index in [0.29, 0.717) is 13.2 Å². The van der Waals surface area contributed by atoms with Crippen molar-refractivity contribution in [1.29, 1.82) is 0 Å². The number of amides is 1. The maximum absolute atomic E-state index is 13.2. The van der Waals surface area contributed by atoms with E-state index in [2.05, 4.69) is 5.32 Å². The number of benzene rings is 1. The van der Waals surface area contributed by atoms with Gasteiger partial charge in [-0.3, -0.25) is 10.1 Å². The van der Waals surface area contributed by atoms with Crippen LogP contribution in [0.4, 0.5) is 13.2 Å². The molecule has 1 fully saturated rings. The lowest BCUT2D eigenvalue weighted by Gasteiger charge is -2.18. The molecule has 0 spiro atoms. The molecule has 2 atom stereocenters. The van der Waals surface area contributed by atoms with Crippen LogP contribution in [0, 0.1) is 17.5 Å². The molecule has 7 heteroatoms. The molecule has 0 radical (unpaired) electrons. The zero-order valence-corrected chi connectivity index (χ0v) is 10.7. The smallest absolute Gasteiger partial charge is 0.239 e. The average Bonchev–Trinajstić information content (AvgIpc) is 2.88. The SMILES string of the molecule is NC(=O)C(NCC1CCCO1)c1cc(F)c(F)c(F)c1. The van der Waals surface area contributed by atoms with E-state index >= 15 is 0 Å². The first kappa shape index (κ1) is 14.8. The molecular formula is C13H15F3N2O2. The lowest BCUT2D eigenvalue weighted by Crippen LogP contribution is -2.38. The quantitative estimate of drug-likeness (QED) is 0.805. The number of primary amides is 1. The van der Waals surface area contributed by atoms with E-state index in [4.69, 9.17) is 10.5 Å². The first-order valence-corrected chi connectivity index (χ1v) is 6.27. The maximum atomic E-state index is 13.2. The van der Waals surface area contributed by atoms with Gasteiger partial charge in [-0.15, -0.1) is 0 Å². The third-order valence-electron chi connectivity index (χ3n) is 3.20. The molecule has 1 aromatic rings. The largest absolute Gasteiger partial charge is 0.377 e. The summed E-state index contributed by atoms with van der Waals surface area (Å²) < 4.78 is 44.6. The number of rotatable bonds is 5. The Morgan fingerprint density at radius 2 is 2.05 bits per heavy atom. The summed E-state index contributed by atoms with van der Waals surface area (Å²) in [6.45, 7) is 0.974. The van der Waals surface area contributed by atoms with Crippen molar-refractivity contribution >= 4 is 5.91 Å². The van der Waals surface area contributed by atoms with E-state index in [1.54, 1.807) is 0 Å². The monoisotopic (exact) mass is 288 g/mol. The zero-order chi connectivity index (χ0) is 14.7. The average molecular weight is 288 g/mol. The van der Waals surface area contributed by atoms with Crippen LogP contribution >= 0.6 is 0 Å². The molecule has 2 rings (SSSR count). The fourth-order valence-electron chi connectivity index (χ4n) is 2.18. The van der Waals surface area contributed by atoms with Crippen molar-refractivity contribution < 1.29 is 22.7 Å². The van der Waals surface area contributed by atoms with Crippen molar-refractivity contribution in [3.8, 4) is 0 Å². The summed E-state index contributed by atoms with van der Waals surface area (Å²) in [5, 5.41) is 2.80. The number of carbonyl (C=O) groups excluding carboxylic acids is 1. The molecule has 3 N–H and O–H groups in total. The third kappa shape index (κ3) is 3.29. The molecule has 1 aliphatic heterocycles. The highest BCUT2D eigenvalue weighted by Gasteiger charge is 2.24. The molecule has 2 unspecified atom stereocenters. The summed E-state index contributed by atoms with van der Waals surface area (Å²) in [6, 6.07) is 0.427. The molecule has 1 aliphatic rings. The summed E-state index contributed by atoms with van der Waals surface area (Å²) in [5.74, 6) is -5.08. The molecule has 1 heterocycles. The van der Waals surface area contributed by atoms with E-state index in [0.717, 1.165) is 25.0 Å². The molecular weight excluding hydrogens is 273 g/mol. The Labute approximate surface area is 114 Å². The molecule has 0 saturated carbocycles. The predicted octanol–water partition coefficient (Wildman–Crippen LogP) is 1.40. The minimum atomic E-state index is -1.57. The Kier molecular flexibility index (Phi) is 4.61. The van der Waals surface area contributed by atoms with Crippen LogP contribution in [0.2, 0.25) is 0 Å². The summed E-state index contributed by atoms with van der Waals surface area (Å²) in [6.07, 6.45) is 1.70. The molecule has 0 aromatic heterocycles. The van der Waals surface area contributed by atoms with Gasteiger partial charge < -0.3 is 10.5 Å². The molecule has 0 aliphatic carbocycles. The van der Waals surface area contributed by atoms with Crippen LogP contribution in [0.1, 0.15) is 24.4 Å². The summed E-state index contributed by atoms with van der Waals surface area (Å²) in [4.78, 5) is 11.4. The molecule has 1 saturated heterocycles. The van der Waals surface area contributed by atoms with E-state index < -0.39 is 29.4 Å².